The van der Waals surface area contributed by atoms with Crippen LogP contribution in [0.5, 0.6) is 0 Å². The Morgan fingerprint density at radius 3 is 2.49 bits per heavy atom. The van der Waals surface area contributed by atoms with E-state index in [1.165, 1.54) is 17.0 Å². The Hall–Kier alpha value is -4.08. The zero-order valence-electron chi connectivity index (χ0n) is 19.3. The standard InChI is InChI=1S/C25H23F3N4O3/c1-24(2,3)35-23(34)31-13-11-20(32-21(31)10-12-29-32)16-6-5-9-19(15-16)30-22(33)17-7-4-8-18(14-17)25(26,27)28/h4-12,14-15H,13H2,1-3H3,(H,30,33). The van der Waals surface area contributed by atoms with Crippen LogP contribution in [0.3, 0.4) is 0 Å². The average Bonchev–Trinajstić information content (AvgIpc) is 3.27. The number of fused-ring (bicyclic) bond motifs is 1. The highest BCUT2D eigenvalue weighted by atomic mass is 19.4. The zero-order valence-corrected chi connectivity index (χ0v) is 19.3. The van der Waals surface area contributed by atoms with E-state index in [-0.39, 0.29) is 12.1 Å². The Kier molecular flexibility index (Phi) is 6.14. The molecule has 4 rings (SSSR count). The molecular weight excluding hydrogens is 461 g/mol. The third-order valence-corrected chi connectivity index (χ3v) is 5.08. The predicted molar refractivity (Wildman–Crippen MR) is 125 cm³/mol. The SMILES string of the molecule is CC(C)(C)OC(=O)N1CC=C(c2cccc(NC(=O)c3cccc(C(F)(F)F)c3)c2)n2nccc21. The highest BCUT2D eigenvalue weighted by molar-refractivity contribution is 6.04. The predicted octanol–water partition coefficient (Wildman–Crippen LogP) is 5.80. The number of benzene rings is 2. The first-order valence-corrected chi connectivity index (χ1v) is 10.8. The van der Waals surface area contributed by atoms with E-state index in [1.54, 1.807) is 68.1 Å². The van der Waals surface area contributed by atoms with Crippen LogP contribution in [0, 0.1) is 0 Å². The molecule has 2 amide bonds. The second-order valence-corrected chi connectivity index (χ2v) is 8.90. The molecule has 0 spiro atoms. The van der Waals surface area contributed by atoms with Crippen molar-refractivity contribution in [3.8, 4) is 0 Å². The summed E-state index contributed by atoms with van der Waals surface area (Å²) in [4.78, 5) is 26.7. The van der Waals surface area contributed by atoms with Gasteiger partial charge in [-0.25, -0.2) is 9.48 Å². The summed E-state index contributed by atoms with van der Waals surface area (Å²) in [6.45, 7) is 5.60. The van der Waals surface area contributed by atoms with Crippen molar-refractivity contribution in [2.45, 2.75) is 32.5 Å². The fourth-order valence-electron chi connectivity index (χ4n) is 3.57. The van der Waals surface area contributed by atoms with Crippen molar-refractivity contribution in [1.29, 1.82) is 0 Å². The Morgan fingerprint density at radius 2 is 1.77 bits per heavy atom. The molecule has 7 nitrogen and oxygen atoms in total. The average molecular weight is 484 g/mol. The van der Waals surface area contributed by atoms with Crippen LogP contribution >= 0.6 is 0 Å². The molecule has 10 heteroatoms. The largest absolute Gasteiger partial charge is 0.443 e. The highest BCUT2D eigenvalue weighted by Crippen LogP contribution is 2.31. The molecule has 0 aliphatic carbocycles. The summed E-state index contributed by atoms with van der Waals surface area (Å²) in [6, 6.07) is 12.8. The van der Waals surface area contributed by atoms with Crippen LogP contribution in [0.2, 0.25) is 0 Å². The lowest BCUT2D eigenvalue weighted by Crippen LogP contribution is -2.39. The van der Waals surface area contributed by atoms with Crippen LogP contribution < -0.4 is 10.2 Å². The van der Waals surface area contributed by atoms with Gasteiger partial charge in [-0.2, -0.15) is 18.3 Å². The minimum Gasteiger partial charge on any atom is -0.443 e. The number of ether oxygens (including phenoxy) is 1. The topological polar surface area (TPSA) is 76.5 Å². The number of hydrogen-bond donors (Lipinski definition) is 1. The smallest absolute Gasteiger partial charge is 0.416 e. The number of amides is 2. The van der Waals surface area contributed by atoms with Crippen molar-refractivity contribution in [2.24, 2.45) is 0 Å². The second kappa shape index (κ2) is 8.94. The third-order valence-electron chi connectivity index (χ3n) is 5.08. The van der Waals surface area contributed by atoms with Crippen molar-refractivity contribution in [2.75, 3.05) is 16.8 Å². The number of halogens is 3. The second-order valence-electron chi connectivity index (χ2n) is 8.90. The van der Waals surface area contributed by atoms with Crippen LogP contribution in [0.25, 0.3) is 5.70 Å². The molecule has 182 valence electrons. The summed E-state index contributed by atoms with van der Waals surface area (Å²) in [6.07, 6.45) is -1.68. The molecule has 0 saturated carbocycles. The number of nitrogens with zero attached hydrogens (tertiary/aromatic N) is 3. The first-order valence-electron chi connectivity index (χ1n) is 10.8. The molecule has 1 N–H and O–H groups in total. The summed E-state index contributed by atoms with van der Waals surface area (Å²) < 4.78 is 46.0. The van der Waals surface area contributed by atoms with E-state index < -0.39 is 29.3 Å². The maximum absolute atomic E-state index is 13.0. The Balaban J connectivity index is 1.56. The molecule has 0 bridgehead atoms. The number of rotatable bonds is 3. The maximum Gasteiger partial charge on any atom is 0.416 e. The quantitative estimate of drug-likeness (QED) is 0.510. The summed E-state index contributed by atoms with van der Waals surface area (Å²) >= 11 is 0. The molecule has 0 atom stereocenters. The molecule has 2 aromatic carbocycles. The van der Waals surface area contributed by atoms with Gasteiger partial charge < -0.3 is 10.1 Å². The summed E-state index contributed by atoms with van der Waals surface area (Å²) in [5.74, 6) is -0.142. The molecule has 0 saturated heterocycles. The van der Waals surface area contributed by atoms with E-state index in [0.717, 1.165) is 12.1 Å². The molecule has 2 heterocycles. The zero-order chi connectivity index (χ0) is 25.4. The Labute approximate surface area is 199 Å². The lowest BCUT2D eigenvalue weighted by Gasteiger charge is -2.30. The van der Waals surface area contributed by atoms with Crippen molar-refractivity contribution >= 4 is 29.2 Å². The van der Waals surface area contributed by atoms with Crippen molar-refractivity contribution in [3.63, 3.8) is 0 Å². The van der Waals surface area contributed by atoms with E-state index in [9.17, 15) is 22.8 Å². The van der Waals surface area contributed by atoms with E-state index in [1.807, 2.05) is 0 Å². The third kappa shape index (κ3) is 5.37. The summed E-state index contributed by atoms with van der Waals surface area (Å²) in [7, 11) is 0. The van der Waals surface area contributed by atoms with E-state index in [2.05, 4.69) is 10.4 Å². The van der Waals surface area contributed by atoms with Gasteiger partial charge in [0, 0.05) is 22.9 Å². The minimum absolute atomic E-state index is 0.107. The van der Waals surface area contributed by atoms with Crippen LogP contribution in [-0.4, -0.2) is 33.9 Å². The van der Waals surface area contributed by atoms with Gasteiger partial charge in [-0.1, -0.05) is 18.2 Å². The van der Waals surface area contributed by atoms with E-state index >= 15 is 0 Å². The number of carbonyl (C=O) groups excluding carboxylic acids is 2. The Morgan fingerprint density at radius 1 is 1.03 bits per heavy atom. The van der Waals surface area contributed by atoms with Gasteiger partial charge in [-0.15, -0.1) is 0 Å². The first-order chi connectivity index (χ1) is 16.4. The molecule has 35 heavy (non-hydrogen) atoms. The number of aromatic nitrogens is 2. The fraction of sp³-hybridized carbons (Fsp3) is 0.240. The summed E-state index contributed by atoms with van der Waals surface area (Å²) in [5.41, 5.74) is 0.115. The number of anilines is 2. The lowest BCUT2D eigenvalue weighted by atomic mass is 10.1. The number of hydrogen-bond acceptors (Lipinski definition) is 4. The van der Waals surface area contributed by atoms with Crippen molar-refractivity contribution in [3.05, 3.63) is 83.6 Å². The van der Waals surface area contributed by atoms with Crippen LogP contribution in [0.4, 0.5) is 29.5 Å². The monoisotopic (exact) mass is 484 g/mol. The van der Waals surface area contributed by atoms with Crippen LogP contribution in [-0.2, 0) is 10.9 Å². The number of nitrogens with one attached hydrogen (secondary N) is 1. The molecule has 0 fully saturated rings. The molecule has 0 radical (unpaired) electrons. The first kappa shape index (κ1) is 24.1. The van der Waals surface area contributed by atoms with Crippen LogP contribution in [0.1, 0.15) is 42.3 Å². The normalized spacial score (nSPS) is 13.7. The number of alkyl halides is 3. The minimum atomic E-state index is -4.54. The number of carbonyl (C=O) groups is 2. The van der Waals surface area contributed by atoms with E-state index in [4.69, 9.17) is 4.74 Å². The van der Waals surface area contributed by atoms with Gasteiger partial charge >= 0.3 is 12.3 Å². The van der Waals surface area contributed by atoms with Crippen molar-refractivity contribution < 1.29 is 27.5 Å². The molecule has 0 unspecified atom stereocenters. The molecule has 3 aromatic rings. The Bertz CT molecular complexity index is 1310. The molecule has 1 aromatic heterocycles. The van der Waals surface area contributed by atoms with Crippen LogP contribution in [0.15, 0.2) is 66.9 Å². The van der Waals surface area contributed by atoms with Crippen molar-refractivity contribution in [1.82, 2.24) is 9.78 Å². The maximum atomic E-state index is 13.0. The van der Waals surface area contributed by atoms with E-state index in [0.29, 0.717) is 22.8 Å². The van der Waals surface area contributed by atoms with Gasteiger partial charge in [0.05, 0.1) is 24.0 Å². The molecular formula is C25H23F3N4O3. The van der Waals surface area contributed by atoms with Gasteiger partial charge in [0.1, 0.15) is 11.4 Å². The molecule has 1 aliphatic rings. The van der Waals surface area contributed by atoms with Gasteiger partial charge in [-0.05, 0) is 57.2 Å². The van der Waals surface area contributed by atoms with Gasteiger partial charge in [0.15, 0.2) is 0 Å². The fourth-order valence-corrected chi connectivity index (χ4v) is 3.57. The lowest BCUT2D eigenvalue weighted by molar-refractivity contribution is -0.137. The van der Waals surface area contributed by atoms with Gasteiger partial charge in [0.2, 0.25) is 0 Å². The highest BCUT2D eigenvalue weighted by Gasteiger charge is 2.31. The van der Waals surface area contributed by atoms with Gasteiger partial charge in [-0.3, -0.25) is 9.69 Å². The molecule has 1 aliphatic heterocycles. The van der Waals surface area contributed by atoms with Gasteiger partial charge in [0.25, 0.3) is 5.91 Å². The summed E-state index contributed by atoms with van der Waals surface area (Å²) in [5, 5.41) is 6.96.